The fraction of sp³-hybridized carbons (Fsp3) is 0.455. The highest BCUT2D eigenvalue weighted by atomic mass is 32.2. The summed E-state index contributed by atoms with van der Waals surface area (Å²) in [5.74, 6) is 1.92. The maximum atomic E-state index is 12.6. The number of benzene rings is 1. The third-order valence-corrected chi connectivity index (χ3v) is 3.30. The number of halogens is 1. The van der Waals surface area contributed by atoms with Crippen LogP contribution in [0.5, 0.6) is 0 Å². The molecular weight excluding hydrogens is 215 g/mol. The number of thiol groups is 1. The van der Waals surface area contributed by atoms with Crippen molar-refractivity contribution < 1.29 is 4.39 Å². The zero-order chi connectivity index (χ0) is 10.2. The first kappa shape index (κ1) is 11.9. The largest absolute Gasteiger partial charge is 0.207 e. The van der Waals surface area contributed by atoms with E-state index in [0.717, 1.165) is 16.4 Å². The third-order valence-electron chi connectivity index (χ3n) is 1.88. The summed E-state index contributed by atoms with van der Waals surface area (Å²) in [6.45, 7) is 0. The zero-order valence-corrected chi connectivity index (χ0v) is 9.79. The molecule has 0 heterocycles. The molecule has 0 aliphatic heterocycles. The summed E-state index contributed by atoms with van der Waals surface area (Å²) < 4.78 is 12.6. The lowest BCUT2D eigenvalue weighted by Gasteiger charge is -2.00. The summed E-state index contributed by atoms with van der Waals surface area (Å²) in [7, 11) is 0. The predicted molar refractivity (Wildman–Crippen MR) is 64.8 cm³/mol. The molecule has 0 atom stereocenters. The Hall–Kier alpha value is -0.150. The van der Waals surface area contributed by atoms with E-state index in [-0.39, 0.29) is 5.82 Å². The first-order valence-electron chi connectivity index (χ1n) is 4.82. The average molecular weight is 230 g/mol. The first-order chi connectivity index (χ1) is 6.83. The van der Waals surface area contributed by atoms with Crippen LogP contribution in [0.3, 0.4) is 0 Å². The second kappa shape index (κ2) is 7.18. The Bertz CT molecular complexity index is 246. The van der Waals surface area contributed by atoms with E-state index in [0.29, 0.717) is 0 Å². The van der Waals surface area contributed by atoms with Crippen LogP contribution >= 0.6 is 24.4 Å². The average Bonchev–Trinajstić information content (AvgIpc) is 2.21. The maximum Gasteiger partial charge on any atom is 0.123 e. The van der Waals surface area contributed by atoms with Crippen LogP contribution < -0.4 is 0 Å². The normalized spacial score (nSPS) is 10.4. The Balaban J connectivity index is 2.15. The van der Waals surface area contributed by atoms with E-state index < -0.39 is 0 Å². The van der Waals surface area contributed by atoms with E-state index in [2.05, 4.69) is 12.6 Å². The number of hydrogen-bond acceptors (Lipinski definition) is 2. The van der Waals surface area contributed by atoms with Crippen molar-refractivity contribution in [3.63, 3.8) is 0 Å². The number of unbranched alkanes of at least 4 members (excludes halogenated alkanes) is 2. The molecule has 0 aliphatic carbocycles. The summed E-state index contributed by atoms with van der Waals surface area (Å²) in [6, 6.07) is 6.68. The Morgan fingerprint density at radius 2 is 1.79 bits per heavy atom. The van der Waals surface area contributed by atoms with Gasteiger partial charge in [0.15, 0.2) is 0 Å². The van der Waals surface area contributed by atoms with Crippen LogP contribution in [0.1, 0.15) is 19.3 Å². The second-order valence-electron chi connectivity index (χ2n) is 3.09. The minimum atomic E-state index is -0.163. The molecule has 1 rings (SSSR count). The Morgan fingerprint density at radius 1 is 1.07 bits per heavy atom. The Labute approximate surface area is 94.7 Å². The van der Waals surface area contributed by atoms with E-state index in [1.807, 2.05) is 12.1 Å². The van der Waals surface area contributed by atoms with Gasteiger partial charge in [0.1, 0.15) is 5.82 Å². The number of rotatable bonds is 6. The lowest BCUT2D eigenvalue weighted by atomic mass is 10.3. The standard InChI is InChI=1S/C11H15FS2/c12-10-4-6-11(7-5-10)14-9-3-1-2-8-13/h4-7,13H,1-3,8-9H2. The lowest BCUT2D eigenvalue weighted by Crippen LogP contribution is -1.82. The van der Waals surface area contributed by atoms with Crippen molar-refractivity contribution >= 4 is 24.4 Å². The molecule has 3 heteroatoms. The molecule has 0 fully saturated rings. The van der Waals surface area contributed by atoms with Crippen molar-refractivity contribution in [1.29, 1.82) is 0 Å². The van der Waals surface area contributed by atoms with Gasteiger partial charge in [-0.2, -0.15) is 12.6 Å². The van der Waals surface area contributed by atoms with Gasteiger partial charge in [0, 0.05) is 4.90 Å². The highest BCUT2D eigenvalue weighted by Crippen LogP contribution is 2.19. The fourth-order valence-electron chi connectivity index (χ4n) is 1.11. The summed E-state index contributed by atoms with van der Waals surface area (Å²) in [5.41, 5.74) is 0. The molecule has 14 heavy (non-hydrogen) atoms. The highest BCUT2D eigenvalue weighted by molar-refractivity contribution is 7.99. The summed E-state index contributed by atoms with van der Waals surface area (Å²) in [4.78, 5) is 1.15. The van der Waals surface area contributed by atoms with Crippen LogP contribution in [0.15, 0.2) is 29.2 Å². The van der Waals surface area contributed by atoms with Crippen molar-refractivity contribution in [2.45, 2.75) is 24.2 Å². The van der Waals surface area contributed by atoms with E-state index in [4.69, 9.17) is 0 Å². The molecule has 1 aromatic carbocycles. The van der Waals surface area contributed by atoms with Gasteiger partial charge in [-0.25, -0.2) is 4.39 Å². The van der Waals surface area contributed by atoms with E-state index in [1.165, 1.54) is 31.4 Å². The van der Waals surface area contributed by atoms with Gasteiger partial charge in [-0.1, -0.05) is 6.42 Å². The van der Waals surface area contributed by atoms with Crippen molar-refractivity contribution in [1.82, 2.24) is 0 Å². The molecular formula is C11H15FS2. The van der Waals surface area contributed by atoms with E-state index >= 15 is 0 Å². The van der Waals surface area contributed by atoms with Crippen molar-refractivity contribution in [2.24, 2.45) is 0 Å². The minimum Gasteiger partial charge on any atom is -0.207 e. The molecule has 1 aromatic rings. The number of hydrogen-bond donors (Lipinski definition) is 1. The predicted octanol–water partition coefficient (Wildman–Crippen LogP) is 4.02. The van der Waals surface area contributed by atoms with Gasteiger partial charge in [-0.3, -0.25) is 0 Å². The van der Waals surface area contributed by atoms with Crippen LogP contribution in [0.2, 0.25) is 0 Å². The molecule has 0 nitrogen and oxygen atoms in total. The minimum absolute atomic E-state index is 0.163. The molecule has 0 unspecified atom stereocenters. The van der Waals surface area contributed by atoms with Crippen LogP contribution in [0.25, 0.3) is 0 Å². The Morgan fingerprint density at radius 3 is 2.43 bits per heavy atom. The summed E-state index contributed by atoms with van der Waals surface area (Å²) in [6.07, 6.45) is 3.63. The Kier molecular flexibility index (Phi) is 6.12. The quantitative estimate of drug-likeness (QED) is 0.437. The maximum absolute atomic E-state index is 12.6. The first-order valence-corrected chi connectivity index (χ1v) is 6.44. The van der Waals surface area contributed by atoms with Gasteiger partial charge >= 0.3 is 0 Å². The number of thioether (sulfide) groups is 1. The van der Waals surface area contributed by atoms with Crippen LogP contribution in [-0.4, -0.2) is 11.5 Å². The van der Waals surface area contributed by atoms with Gasteiger partial charge in [-0.05, 0) is 48.6 Å². The van der Waals surface area contributed by atoms with Gasteiger partial charge in [0.05, 0.1) is 0 Å². The van der Waals surface area contributed by atoms with Gasteiger partial charge in [0.25, 0.3) is 0 Å². The fourth-order valence-corrected chi connectivity index (χ4v) is 2.25. The van der Waals surface area contributed by atoms with Crippen molar-refractivity contribution in [3.05, 3.63) is 30.1 Å². The monoisotopic (exact) mass is 230 g/mol. The zero-order valence-electron chi connectivity index (χ0n) is 8.08. The molecule has 0 N–H and O–H groups in total. The molecule has 0 radical (unpaired) electrons. The molecule has 0 aliphatic rings. The molecule has 0 aromatic heterocycles. The molecule has 0 spiro atoms. The van der Waals surface area contributed by atoms with Gasteiger partial charge in [-0.15, -0.1) is 11.8 Å². The molecule has 0 bridgehead atoms. The molecule has 0 saturated carbocycles. The second-order valence-corrected chi connectivity index (χ2v) is 4.70. The van der Waals surface area contributed by atoms with Gasteiger partial charge in [0.2, 0.25) is 0 Å². The van der Waals surface area contributed by atoms with Crippen LogP contribution in [-0.2, 0) is 0 Å². The smallest absolute Gasteiger partial charge is 0.123 e. The summed E-state index contributed by atoms with van der Waals surface area (Å²) in [5, 5.41) is 0. The highest BCUT2D eigenvalue weighted by Gasteiger charge is 1.94. The molecule has 0 saturated heterocycles. The van der Waals surface area contributed by atoms with Crippen LogP contribution in [0.4, 0.5) is 4.39 Å². The van der Waals surface area contributed by atoms with Crippen LogP contribution in [0, 0.1) is 5.82 Å². The summed E-state index contributed by atoms with van der Waals surface area (Å²) >= 11 is 5.94. The van der Waals surface area contributed by atoms with E-state index in [9.17, 15) is 4.39 Å². The van der Waals surface area contributed by atoms with Gasteiger partial charge < -0.3 is 0 Å². The van der Waals surface area contributed by atoms with Crippen molar-refractivity contribution in [3.8, 4) is 0 Å². The lowest BCUT2D eigenvalue weighted by molar-refractivity contribution is 0.626. The molecule has 0 amide bonds. The third kappa shape index (κ3) is 4.91. The molecule has 78 valence electrons. The van der Waals surface area contributed by atoms with E-state index in [1.54, 1.807) is 11.8 Å². The SMILES string of the molecule is Fc1ccc(SCCCCCS)cc1. The topological polar surface area (TPSA) is 0 Å². The van der Waals surface area contributed by atoms with Crippen molar-refractivity contribution in [2.75, 3.05) is 11.5 Å².